The molecule has 0 saturated heterocycles. The summed E-state index contributed by atoms with van der Waals surface area (Å²) in [5.74, 6) is 7.88. The van der Waals surface area contributed by atoms with Gasteiger partial charge in [-0.3, -0.25) is 0 Å². The van der Waals surface area contributed by atoms with Crippen LogP contribution >= 0.6 is 11.8 Å². The van der Waals surface area contributed by atoms with Gasteiger partial charge in [-0.15, -0.1) is 0 Å². The lowest BCUT2D eigenvalue weighted by Crippen LogP contribution is -2.10. The molecule has 0 spiro atoms. The van der Waals surface area contributed by atoms with Crippen molar-refractivity contribution in [3.8, 4) is 11.5 Å². The van der Waals surface area contributed by atoms with Crippen molar-refractivity contribution in [1.82, 2.24) is 9.97 Å². The molecule has 1 aromatic heterocycles. The number of nitrogens with zero attached hydrogens (tertiary/aromatic N) is 2. The van der Waals surface area contributed by atoms with E-state index in [1.807, 2.05) is 24.5 Å². The molecule has 0 radical (unpaired) electrons. The van der Waals surface area contributed by atoms with Crippen molar-refractivity contribution in [2.24, 2.45) is 5.84 Å². The second kappa shape index (κ2) is 7.00. The van der Waals surface area contributed by atoms with E-state index in [0.29, 0.717) is 28.3 Å². The van der Waals surface area contributed by atoms with Crippen LogP contribution in [0.5, 0.6) is 11.5 Å². The van der Waals surface area contributed by atoms with E-state index in [9.17, 15) is 0 Å². The molecule has 1 heterocycles. The molecule has 0 aliphatic carbocycles. The number of nitrogens with one attached hydrogen (secondary N) is 2. The van der Waals surface area contributed by atoms with Gasteiger partial charge in [-0.1, -0.05) is 11.8 Å². The highest BCUT2D eigenvalue weighted by atomic mass is 32.2. The van der Waals surface area contributed by atoms with Crippen LogP contribution < -0.4 is 26.1 Å². The fraction of sp³-hybridized carbons (Fsp3) is 0.231. The van der Waals surface area contributed by atoms with Crippen LogP contribution in [0.25, 0.3) is 0 Å². The van der Waals surface area contributed by atoms with E-state index in [1.54, 1.807) is 20.3 Å². The summed E-state index contributed by atoms with van der Waals surface area (Å²) in [6.07, 6.45) is 1.90. The lowest BCUT2D eigenvalue weighted by Gasteiger charge is -2.12. The number of methoxy groups -OCH3 is 2. The van der Waals surface area contributed by atoms with E-state index in [-0.39, 0.29) is 0 Å². The predicted molar refractivity (Wildman–Crippen MR) is 84.5 cm³/mol. The molecule has 0 fully saturated rings. The van der Waals surface area contributed by atoms with Crippen molar-refractivity contribution in [1.29, 1.82) is 0 Å². The van der Waals surface area contributed by atoms with Gasteiger partial charge in [0.1, 0.15) is 11.6 Å². The van der Waals surface area contributed by atoms with Crippen molar-refractivity contribution in [2.75, 3.05) is 31.2 Å². The number of benzene rings is 1. The first-order chi connectivity index (χ1) is 10.2. The maximum atomic E-state index is 5.41. The largest absolute Gasteiger partial charge is 0.493 e. The van der Waals surface area contributed by atoms with Crippen LogP contribution in [0.1, 0.15) is 0 Å². The average Bonchev–Trinajstić information content (AvgIpc) is 2.54. The minimum absolute atomic E-state index is 0.539. The maximum absolute atomic E-state index is 5.41. The summed E-state index contributed by atoms with van der Waals surface area (Å²) >= 11 is 1.43. The number of anilines is 3. The average molecular weight is 307 g/mol. The molecule has 0 bridgehead atoms. The summed E-state index contributed by atoms with van der Waals surface area (Å²) in [7, 11) is 3.19. The van der Waals surface area contributed by atoms with Crippen LogP contribution in [0, 0.1) is 0 Å². The van der Waals surface area contributed by atoms with Crippen molar-refractivity contribution >= 4 is 29.1 Å². The highest BCUT2D eigenvalue weighted by Crippen LogP contribution is 2.31. The fourth-order valence-electron chi connectivity index (χ4n) is 1.72. The monoisotopic (exact) mass is 307 g/mol. The van der Waals surface area contributed by atoms with Crippen LogP contribution in [0.4, 0.5) is 17.3 Å². The number of hydrogen-bond acceptors (Lipinski definition) is 8. The molecule has 0 saturated carbocycles. The van der Waals surface area contributed by atoms with Crippen molar-refractivity contribution < 1.29 is 9.47 Å². The molecule has 0 aliphatic heterocycles. The van der Waals surface area contributed by atoms with Gasteiger partial charge in [0.2, 0.25) is 0 Å². The Morgan fingerprint density at radius 2 is 1.76 bits per heavy atom. The molecule has 8 heteroatoms. The van der Waals surface area contributed by atoms with E-state index < -0.39 is 0 Å². The Bertz CT molecular complexity index is 601. The first kappa shape index (κ1) is 15.2. The predicted octanol–water partition coefficient (Wildman–Crippen LogP) is 2.24. The first-order valence-electron chi connectivity index (χ1n) is 6.09. The lowest BCUT2D eigenvalue weighted by atomic mass is 10.2. The summed E-state index contributed by atoms with van der Waals surface area (Å²) in [4.78, 5) is 8.57. The summed E-state index contributed by atoms with van der Waals surface area (Å²) in [6.45, 7) is 0. The number of rotatable bonds is 6. The molecule has 0 amide bonds. The Balaban J connectivity index is 2.29. The van der Waals surface area contributed by atoms with Crippen LogP contribution in [-0.4, -0.2) is 30.4 Å². The number of hydrogen-bond donors (Lipinski definition) is 3. The number of nitrogens with two attached hydrogens (primary N) is 1. The minimum Gasteiger partial charge on any atom is -0.493 e. The van der Waals surface area contributed by atoms with Gasteiger partial charge in [0.15, 0.2) is 16.7 Å². The number of nitrogen functional groups attached to an aromatic ring is 1. The summed E-state index contributed by atoms with van der Waals surface area (Å²) in [5.41, 5.74) is 3.34. The van der Waals surface area contributed by atoms with E-state index in [1.165, 1.54) is 11.8 Å². The SMILES string of the molecule is COc1ccc(Nc2cc(NN)nc(SC)n2)cc1OC. The van der Waals surface area contributed by atoms with Gasteiger partial charge in [0, 0.05) is 17.8 Å². The summed E-state index contributed by atoms with van der Waals surface area (Å²) in [5, 5.41) is 3.80. The molecule has 2 aromatic rings. The standard InChI is InChI=1S/C13H17N5O2S/c1-19-9-5-4-8(6-10(9)20-2)15-11-7-12(18-14)17-13(16-11)21-3/h4-7H,14H2,1-3H3,(H2,15,16,17,18). The molecule has 1 aromatic carbocycles. The number of aromatic nitrogens is 2. The zero-order valence-electron chi connectivity index (χ0n) is 12.0. The Morgan fingerprint density at radius 3 is 2.38 bits per heavy atom. The minimum atomic E-state index is 0.539. The third kappa shape index (κ3) is 3.67. The van der Waals surface area contributed by atoms with E-state index >= 15 is 0 Å². The van der Waals surface area contributed by atoms with Gasteiger partial charge in [-0.25, -0.2) is 15.8 Å². The highest BCUT2D eigenvalue weighted by Gasteiger charge is 2.07. The second-order valence-corrected chi connectivity index (χ2v) is 4.74. The van der Waals surface area contributed by atoms with Crippen molar-refractivity contribution in [3.05, 3.63) is 24.3 Å². The van der Waals surface area contributed by atoms with E-state index in [2.05, 4.69) is 20.7 Å². The smallest absolute Gasteiger partial charge is 0.191 e. The number of hydrazine groups is 1. The highest BCUT2D eigenvalue weighted by molar-refractivity contribution is 7.98. The fourth-order valence-corrected chi connectivity index (χ4v) is 2.10. The van der Waals surface area contributed by atoms with Crippen LogP contribution in [0.15, 0.2) is 29.4 Å². The Hall–Kier alpha value is -2.19. The molecule has 0 aliphatic rings. The summed E-state index contributed by atoms with van der Waals surface area (Å²) < 4.78 is 10.5. The van der Waals surface area contributed by atoms with E-state index in [0.717, 1.165) is 5.69 Å². The van der Waals surface area contributed by atoms with Crippen LogP contribution in [-0.2, 0) is 0 Å². The maximum Gasteiger partial charge on any atom is 0.191 e. The van der Waals surface area contributed by atoms with Gasteiger partial charge in [-0.2, -0.15) is 0 Å². The second-order valence-electron chi connectivity index (χ2n) is 3.96. The Labute approximate surface area is 127 Å². The zero-order chi connectivity index (χ0) is 15.2. The summed E-state index contributed by atoms with van der Waals surface area (Å²) in [6, 6.07) is 7.24. The van der Waals surface area contributed by atoms with Crippen LogP contribution in [0.3, 0.4) is 0 Å². The Morgan fingerprint density at radius 1 is 1.05 bits per heavy atom. The Kier molecular flexibility index (Phi) is 5.07. The van der Waals surface area contributed by atoms with E-state index in [4.69, 9.17) is 15.3 Å². The van der Waals surface area contributed by atoms with Crippen molar-refractivity contribution in [2.45, 2.75) is 5.16 Å². The molecule has 2 rings (SSSR count). The molecular formula is C13H17N5O2S. The van der Waals surface area contributed by atoms with Crippen LogP contribution in [0.2, 0.25) is 0 Å². The lowest BCUT2D eigenvalue weighted by molar-refractivity contribution is 0.355. The normalized spacial score (nSPS) is 10.1. The number of ether oxygens (including phenoxy) is 2. The van der Waals surface area contributed by atoms with Gasteiger partial charge in [-0.05, 0) is 18.4 Å². The third-order valence-electron chi connectivity index (χ3n) is 2.69. The zero-order valence-corrected chi connectivity index (χ0v) is 12.8. The molecule has 7 nitrogen and oxygen atoms in total. The molecule has 21 heavy (non-hydrogen) atoms. The van der Waals surface area contributed by atoms with Gasteiger partial charge in [0.05, 0.1) is 14.2 Å². The van der Waals surface area contributed by atoms with Gasteiger partial charge >= 0.3 is 0 Å². The topological polar surface area (TPSA) is 94.3 Å². The third-order valence-corrected chi connectivity index (χ3v) is 3.24. The molecular weight excluding hydrogens is 290 g/mol. The molecule has 112 valence electrons. The van der Waals surface area contributed by atoms with Gasteiger partial charge < -0.3 is 20.2 Å². The molecule has 0 atom stereocenters. The molecule has 0 unspecified atom stereocenters. The number of thioether (sulfide) groups is 1. The first-order valence-corrected chi connectivity index (χ1v) is 7.31. The quantitative estimate of drug-likeness (QED) is 0.324. The molecule has 4 N–H and O–H groups in total. The van der Waals surface area contributed by atoms with Crippen molar-refractivity contribution in [3.63, 3.8) is 0 Å². The van der Waals surface area contributed by atoms with Gasteiger partial charge in [0.25, 0.3) is 0 Å².